The van der Waals surface area contributed by atoms with Gasteiger partial charge in [-0.2, -0.15) is 10.2 Å². The summed E-state index contributed by atoms with van der Waals surface area (Å²) in [6.07, 6.45) is 5.42. The number of hydrogen-bond donors (Lipinski definition) is 3. The van der Waals surface area contributed by atoms with E-state index >= 15 is 0 Å². The van der Waals surface area contributed by atoms with Crippen LogP contribution in [0.5, 0.6) is 0 Å². The Labute approximate surface area is 109 Å². The van der Waals surface area contributed by atoms with Crippen molar-refractivity contribution in [2.45, 2.75) is 31.0 Å². The number of hydrogen-bond acceptors (Lipinski definition) is 4. The summed E-state index contributed by atoms with van der Waals surface area (Å²) in [4.78, 5) is 11.9. The summed E-state index contributed by atoms with van der Waals surface area (Å²) >= 11 is 0. The molecule has 19 heavy (non-hydrogen) atoms. The SMILES string of the molecule is O=C(Cc1ccn[nH]1)N[C@H]1C[C@@H](O)[C@@H]1n1cccn1. The Bertz CT molecular complexity index is 536. The topological polar surface area (TPSA) is 95.8 Å². The first-order chi connectivity index (χ1) is 9.24. The van der Waals surface area contributed by atoms with E-state index in [9.17, 15) is 9.90 Å². The summed E-state index contributed by atoms with van der Waals surface area (Å²) in [6, 6.07) is 3.31. The van der Waals surface area contributed by atoms with Crippen molar-refractivity contribution in [3.05, 3.63) is 36.4 Å². The van der Waals surface area contributed by atoms with E-state index in [1.807, 2.05) is 0 Å². The number of aromatic nitrogens is 4. The third-order valence-electron chi connectivity index (χ3n) is 3.39. The Hall–Kier alpha value is -2.15. The fourth-order valence-corrected chi connectivity index (χ4v) is 2.39. The Morgan fingerprint density at radius 3 is 3.11 bits per heavy atom. The lowest BCUT2D eigenvalue weighted by Crippen LogP contribution is -2.56. The molecule has 1 aliphatic carbocycles. The van der Waals surface area contributed by atoms with Crippen LogP contribution in [0.4, 0.5) is 0 Å². The van der Waals surface area contributed by atoms with Crippen molar-refractivity contribution in [1.29, 1.82) is 0 Å². The molecular formula is C12H15N5O2. The van der Waals surface area contributed by atoms with Gasteiger partial charge < -0.3 is 10.4 Å². The first-order valence-electron chi connectivity index (χ1n) is 6.19. The van der Waals surface area contributed by atoms with Crippen molar-refractivity contribution >= 4 is 5.91 Å². The maximum Gasteiger partial charge on any atom is 0.226 e. The van der Waals surface area contributed by atoms with Gasteiger partial charge in [-0.05, 0) is 18.6 Å². The largest absolute Gasteiger partial charge is 0.391 e. The lowest BCUT2D eigenvalue weighted by molar-refractivity contribution is -0.124. The quantitative estimate of drug-likeness (QED) is 0.700. The maximum absolute atomic E-state index is 11.9. The summed E-state index contributed by atoms with van der Waals surface area (Å²) in [5.74, 6) is -0.0849. The lowest BCUT2D eigenvalue weighted by Gasteiger charge is -2.41. The highest BCUT2D eigenvalue weighted by Crippen LogP contribution is 2.32. The molecule has 0 unspecified atom stereocenters. The van der Waals surface area contributed by atoms with E-state index in [4.69, 9.17) is 0 Å². The monoisotopic (exact) mass is 261 g/mol. The third-order valence-corrected chi connectivity index (χ3v) is 3.39. The van der Waals surface area contributed by atoms with Crippen LogP contribution in [0.1, 0.15) is 18.2 Å². The second-order valence-corrected chi connectivity index (χ2v) is 4.71. The maximum atomic E-state index is 11.9. The van der Waals surface area contributed by atoms with Crippen molar-refractivity contribution in [1.82, 2.24) is 25.3 Å². The lowest BCUT2D eigenvalue weighted by atomic mass is 9.83. The Balaban J connectivity index is 1.59. The second-order valence-electron chi connectivity index (χ2n) is 4.71. The van der Waals surface area contributed by atoms with Crippen LogP contribution in [-0.4, -0.2) is 43.1 Å². The molecule has 0 aliphatic heterocycles. The minimum absolute atomic E-state index is 0.0784. The highest BCUT2D eigenvalue weighted by atomic mass is 16.3. The Kier molecular flexibility index (Phi) is 3.04. The average molecular weight is 261 g/mol. The van der Waals surface area contributed by atoms with E-state index in [2.05, 4.69) is 20.6 Å². The number of aromatic amines is 1. The third kappa shape index (κ3) is 2.37. The van der Waals surface area contributed by atoms with Gasteiger partial charge in [0.25, 0.3) is 0 Å². The van der Waals surface area contributed by atoms with Gasteiger partial charge in [0.2, 0.25) is 5.91 Å². The van der Waals surface area contributed by atoms with Crippen LogP contribution < -0.4 is 5.32 Å². The summed E-state index contributed by atoms with van der Waals surface area (Å²) in [7, 11) is 0. The summed E-state index contributed by atoms with van der Waals surface area (Å²) < 4.78 is 1.69. The predicted octanol–water partition coefficient (Wildman–Crippen LogP) is -0.361. The molecule has 0 bridgehead atoms. The molecule has 2 aromatic heterocycles. The molecular weight excluding hydrogens is 246 g/mol. The molecule has 7 heteroatoms. The first kappa shape index (κ1) is 11.9. The van der Waals surface area contributed by atoms with Gasteiger partial charge in [0.1, 0.15) is 0 Å². The fourth-order valence-electron chi connectivity index (χ4n) is 2.39. The van der Waals surface area contributed by atoms with Crippen LogP contribution in [0.15, 0.2) is 30.7 Å². The summed E-state index contributed by atoms with van der Waals surface area (Å²) in [6.45, 7) is 0. The molecule has 1 amide bonds. The van der Waals surface area contributed by atoms with Gasteiger partial charge >= 0.3 is 0 Å². The van der Waals surface area contributed by atoms with Crippen LogP contribution in [-0.2, 0) is 11.2 Å². The predicted molar refractivity (Wildman–Crippen MR) is 66.1 cm³/mol. The molecule has 1 aliphatic rings. The molecule has 3 atom stereocenters. The fraction of sp³-hybridized carbons (Fsp3) is 0.417. The number of carbonyl (C=O) groups is 1. The number of nitrogens with zero attached hydrogens (tertiary/aromatic N) is 3. The zero-order valence-corrected chi connectivity index (χ0v) is 10.2. The average Bonchev–Trinajstić information content (AvgIpc) is 3.01. The number of aliphatic hydroxyl groups excluding tert-OH is 1. The van der Waals surface area contributed by atoms with Crippen LogP contribution >= 0.6 is 0 Å². The van der Waals surface area contributed by atoms with Gasteiger partial charge in [0.05, 0.1) is 24.6 Å². The second kappa shape index (κ2) is 4.85. The number of rotatable bonds is 4. The Morgan fingerprint density at radius 2 is 2.47 bits per heavy atom. The number of amides is 1. The summed E-state index contributed by atoms with van der Waals surface area (Å²) in [5.41, 5.74) is 0.771. The van der Waals surface area contributed by atoms with Gasteiger partial charge in [0, 0.05) is 24.3 Å². The van der Waals surface area contributed by atoms with Gasteiger partial charge in [0.15, 0.2) is 0 Å². The smallest absolute Gasteiger partial charge is 0.226 e. The van der Waals surface area contributed by atoms with Crippen LogP contribution in [0.25, 0.3) is 0 Å². The van der Waals surface area contributed by atoms with Crippen molar-refractivity contribution in [3.63, 3.8) is 0 Å². The molecule has 1 fully saturated rings. The number of H-pyrrole nitrogens is 1. The normalized spacial score (nSPS) is 25.8. The van der Waals surface area contributed by atoms with E-state index in [1.54, 1.807) is 35.4 Å². The van der Waals surface area contributed by atoms with E-state index < -0.39 is 6.10 Å². The Morgan fingerprint density at radius 1 is 1.58 bits per heavy atom. The standard InChI is InChI=1S/C12H15N5O2/c18-10-7-9(12(10)17-5-1-3-14-17)15-11(19)6-8-2-4-13-16-8/h1-5,9-10,12,18H,6-7H2,(H,13,16)(H,15,19)/t9-,10+,12+/m0/s1. The number of nitrogens with one attached hydrogen (secondary N) is 2. The zero-order chi connectivity index (χ0) is 13.2. The minimum atomic E-state index is -0.461. The molecule has 1 saturated carbocycles. The summed E-state index contributed by atoms with van der Waals surface area (Å²) in [5, 5.41) is 23.4. The molecule has 0 spiro atoms. The van der Waals surface area contributed by atoms with Gasteiger partial charge in [-0.1, -0.05) is 0 Å². The van der Waals surface area contributed by atoms with Gasteiger partial charge in [-0.15, -0.1) is 0 Å². The molecule has 3 rings (SSSR count). The van der Waals surface area contributed by atoms with Crippen molar-refractivity contribution in [3.8, 4) is 0 Å². The van der Waals surface area contributed by atoms with Crippen LogP contribution in [0.2, 0.25) is 0 Å². The van der Waals surface area contributed by atoms with E-state index in [0.717, 1.165) is 5.69 Å². The van der Waals surface area contributed by atoms with E-state index in [-0.39, 0.29) is 24.4 Å². The van der Waals surface area contributed by atoms with E-state index in [0.29, 0.717) is 6.42 Å². The molecule has 2 heterocycles. The van der Waals surface area contributed by atoms with Crippen LogP contribution in [0.3, 0.4) is 0 Å². The van der Waals surface area contributed by atoms with Crippen molar-refractivity contribution in [2.24, 2.45) is 0 Å². The van der Waals surface area contributed by atoms with Crippen molar-refractivity contribution < 1.29 is 9.90 Å². The molecule has 3 N–H and O–H groups in total. The van der Waals surface area contributed by atoms with Gasteiger partial charge in [-0.25, -0.2) is 0 Å². The molecule has 2 aromatic rings. The van der Waals surface area contributed by atoms with Crippen LogP contribution in [0, 0.1) is 0 Å². The first-order valence-corrected chi connectivity index (χ1v) is 6.19. The van der Waals surface area contributed by atoms with Gasteiger partial charge in [-0.3, -0.25) is 14.6 Å². The number of aliphatic hydroxyl groups is 1. The number of carbonyl (C=O) groups excluding carboxylic acids is 1. The highest BCUT2D eigenvalue weighted by molar-refractivity contribution is 5.78. The van der Waals surface area contributed by atoms with E-state index in [1.165, 1.54) is 0 Å². The molecule has 0 saturated heterocycles. The van der Waals surface area contributed by atoms with Crippen molar-refractivity contribution in [2.75, 3.05) is 0 Å². The molecule has 0 radical (unpaired) electrons. The minimum Gasteiger partial charge on any atom is -0.391 e. The molecule has 0 aromatic carbocycles. The highest BCUT2D eigenvalue weighted by Gasteiger charge is 2.42. The zero-order valence-electron chi connectivity index (χ0n) is 10.2. The molecule has 7 nitrogen and oxygen atoms in total. The molecule has 100 valence electrons.